The van der Waals surface area contributed by atoms with E-state index in [-0.39, 0.29) is 12.5 Å². The first-order valence-electron chi connectivity index (χ1n) is 9.31. The summed E-state index contributed by atoms with van der Waals surface area (Å²) in [6, 6.07) is 0. The fourth-order valence-corrected chi connectivity index (χ4v) is 6.20. The highest BCUT2D eigenvalue weighted by Crippen LogP contribution is 2.17. The number of aliphatic imine (C=N–C) groups is 2. The highest BCUT2D eigenvalue weighted by Gasteiger charge is 2.01. The van der Waals surface area contributed by atoms with E-state index in [4.69, 9.17) is 29.4 Å². The third kappa shape index (κ3) is 30.5. The quantitative estimate of drug-likeness (QED) is 0.0390. The van der Waals surface area contributed by atoms with E-state index >= 15 is 0 Å². The number of carbonyl (C=O) groups excluding carboxylic acids is 1. The van der Waals surface area contributed by atoms with E-state index in [0.29, 0.717) is 35.9 Å². The van der Waals surface area contributed by atoms with E-state index in [1.54, 1.807) is 58.8 Å². The minimum Gasteiger partial charge on any atom is -0.438 e. The van der Waals surface area contributed by atoms with E-state index in [9.17, 15) is 4.79 Å². The number of hydrogen-bond acceptors (Lipinski definition) is 16. The molecule has 0 saturated carbocycles. The molecule has 33 heavy (non-hydrogen) atoms. The topological polar surface area (TPSA) is 120 Å². The summed E-state index contributed by atoms with van der Waals surface area (Å²) in [7, 11) is 0. The number of nitrogens with zero attached hydrogens (tertiary/aromatic N) is 2. The van der Waals surface area contributed by atoms with Gasteiger partial charge in [0.15, 0.2) is 0 Å². The van der Waals surface area contributed by atoms with Gasteiger partial charge in [-0.2, -0.15) is 21.5 Å². The van der Waals surface area contributed by atoms with E-state index in [2.05, 4.69) is 15.3 Å². The molecule has 0 aliphatic heterocycles. The van der Waals surface area contributed by atoms with Gasteiger partial charge in [-0.1, -0.05) is 0 Å². The van der Waals surface area contributed by atoms with Gasteiger partial charge in [-0.3, -0.25) is 0 Å². The van der Waals surface area contributed by atoms with Crippen molar-refractivity contribution in [3.05, 3.63) is 0 Å². The van der Waals surface area contributed by atoms with Crippen LogP contribution in [-0.4, -0.2) is 99.7 Å². The molecule has 0 saturated heterocycles. The van der Waals surface area contributed by atoms with Crippen LogP contribution in [0.4, 0.5) is 4.79 Å². The van der Waals surface area contributed by atoms with Gasteiger partial charge in [-0.05, 0) is 6.26 Å². The van der Waals surface area contributed by atoms with Crippen LogP contribution in [0.25, 0.3) is 0 Å². The first-order valence-corrected chi connectivity index (χ1v) is 17.6. The van der Waals surface area contributed by atoms with Gasteiger partial charge in [0.25, 0.3) is 0 Å². The highest BCUT2D eigenvalue weighted by molar-refractivity contribution is 8.22. The number of aliphatic hydroxyl groups is 1. The maximum absolute atomic E-state index is 11.6. The number of carbonyl (C=O) groups is 1. The molecule has 0 unspecified atom stereocenters. The van der Waals surface area contributed by atoms with Crippen molar-refractivity contribution in [2.75, 3.05) is 75.7 Å². The fraction of sp³-hybridized carbons (Fsp3) is 0.812. The molecule has 0 bridgehead atoms. The van der Waals surface area contributed by atoms with Crippen LogP contribution in [0.3, 0.4) is 0 Å². The van der Waals surface area contributed by atoms with Gasteiger partial charge in [0.1, 0.15) is 18.5 Å². The molecule has 1 amide bonds. The molecular weight excluding hydrogens is 571 g/mol. The Balaban J connectivity index is 3.22. The van der Waals surface area contributed by atoms with Crippen molar-refractivity contribution >= 4 is 101 Å². The van der Waals surface area contributed by atoms with Crippen LogP contribution in [0.2, 0.25) is 0 Å². The molecule has 0 aliphatic carbocycles. The molecule has 0 rings (SSSR count). The van der Waals surface area contributed by atoms with Gasteiger partial charge in [-0.15, -0.1) is 70.6 Å². The molecule has 17 heteroatoms. The largest absolute Gasteiger partial charge is 0.438 e. The summed E-state index contributed by atoms with van der Waals surface area (Å²) in [6.45, 7) is 0.629. The van der Waals surface area contributed by atoms with Gasteiger partial charge in [0.2, 0.25) is 12.8 Å². The molecule has 0 atom stereocenters. The Labute approximate surface area is 225 Å². The Morgan fingerprint density at radius 3 is 2.42 bits per heavy atom. The minimum atomic E-state index is -0.424. The SMILES string of the molecule is CSC/N=C/OOCSCSCOC(=O)NCSCSCSC/N=C/OOCCSCCO. The van der Waals surface area contributed by atoms with Gasteiger partial charge in [0, 0.05) is 26.8 Å². The summed E-state index contributed by atoms with van der Waals surface area (Å²) in [5.41, 5.74) is 0. The highest BCUT2D eigenvalue weighted by atomic mass is 32.2. The van der Waals surface area contributed by atoms with Crippen molar-refractivity contribution in [2.45, 2.75) is 0 Å². The monoisotopic (exact) mass is 601 g/mol. The van der Waals surface area contributed by atoms with Crippen LogP contribution in [0, 0.1) is 0 Å². The summed E-state index contributed by atoms with van der Waals surface area (Å²) in [6.07, 6.45) is 4.10. The third-order valence-electron chi connectivity index (χ3n) is 2.51. The number of amides is 1. The lowest BCUT2D eigenvalue weighted by Gasteiger charge is -2.06. The van der Waals surface area contributed by atoms with Gasteiger partial charge >= 0.3 is 6.09 Å². The minimum absolute atomic E-state index is 0.173. The van der Waals surface area contributed by atoms with Crippen LogP contribution >= 0.6 is 82.3 Å². The molecule has 0 fully saturated rings. The Morgan fingerprint density at radius 2 is 1.61 bits per heavy atom. The molecule has 10 nitrogen and oxygen atoms in total. The molecule has 0 aliphatic rings. The normalized spacial score (nSPS) is 11.3. The second kappa shape index (κ2) is 30.6. The number of aliphatic hydroxyl groups excluding tert-OH is 1. The summed E-state index contributed by atoms with van der Waals surface area (Å²) in [4.78, 5) is 38.9. The maximum Gasteiger partial charge on any atom is 0.408 e. The summed E-state index contributed by atoms with van der Waals surface area (Å²) < 4.78 is 5.07. The van der Waals surface area contributed by atoms with Crippen molar-refractivity contribution in [2.24, 2.45) is 9.98 Å². The summed E-state index contributed by atoms with van der Waals surface area (Å²) in [5.74, 6) is 3.85. The Morgan fingerprint density at radius 1 is 0.879 bits per heavy atom. The van der Waals surface area contributed by atoms with Crippen LogP contribution in [0.1, 0.15) is 0 Å². The second-order valence-corrected chi connectivity index (χ2v) is 12.9. The fourth-order valence-electron chi connectivity index (χ4n) is 1.29. The third-order valence-corrected chi connectivity index (χ3v) is 9.07. The lowest BCUT2D eigenvalue weighted by atomic mass is 10.9. The summed E-state index contributed by atoms with van der Waals surface area (Å²) in [5, 5.41) is 13.8. The Hall–Kier alpha value is 0.540. The molecule has 0 aromatic carbocycles. The number of alkyl carbamates (subject to hydrolysis) is 1. The van der Waals surface area contributed by atoms with Gasteiger partial charge in [-0.25, -0.2) is 14.8 Å². The molecule has 0 heterocycles. The first kappa shape index (κ1) is 33.5. The molecule has 2 N–H and O–H groups in total. The Kier molecular flexibility index (Phi) is 31.1. The van der Waals surface area contributed by atoms with Crippen molar-refractivity contribution in [3.8, 4) is 0 Å². The van der Waals surface area contributed by atoms with E-state index < -0.39 is 6.09 Å². The van der Waals surface area contributed by atoms with Crippen molar-refractivity contribution < 1.29 is 34.2 Å². The zero-order chi connectivity index (χ0) is 24.1. The van der Waals surface area contributed by atoms with E-state index in [1.165, 1.54) is 36.3 Å². The second-order valence-electron chi connectivity index (χ2n) is 4.95. The predicted molar refractivity (Wildman–Crippen MR) is 151 cm³/mol. The predicted octanol–water partition coefficient (Wildman–Crippen LogP) is 4.08. The van der Waals surface area contributed by atoms with Crippen LogP contribution < -0.4 is 5.32 Å². The average Bonchev–Trinajstić information content (AvgIpc) is 2.82. The number of ether oxygens (including phenoxy) is 1. The van der Waals surface area contributed by atoms with Gasteiger partial charge in [0.05, 0.1) is 24.2 Å². The maximum atomic E-state index is 11.6. The van der Waals surface area contributed by atoms with Gasteiger partial charge < -0.3 is 24.9 Å². The zero-order valence-electron chi connectivity index (χ0n) is 18.3. The number of thioether (sulfide) groups is 7. The first-order chi connectivity index (χ1) is 16.3. The molecule has 194 valence electrons. The lowest BCUT2D eigenvalue weighted by molar-refractivity contribution is -0.210. The molecular formula is C16H31N3O7S7. The van der Waals surface area contributed by atoms with Crippen molar-refractivity contribution in [1.82, 2.24) is 5.32 Å². The number of hydrogen-bond donors (Lipinski definition) is 2. The van der Waals surface area contributed by atoms with E-state index in [1.807, 2.05) is 6.26 Å². The lowest BCUT2D eigenvalue weighted by Crippen LogP contribution is -2.23. The molecule has 0 aromatic heterocycles. The van der Waals surface area contributed by atoms with Crippen LogP contribution in [0.5, 0.6) is 0 Å². The standard InChI is InChI=1S/C16H31N3O7S7/c1-27-8-17-6-25-26-12-32-15-31-11-22-16(21)19-10-30-14-33-13-29-9-18-7-24-23-3-5-28-4-2-20/h6-7,20H,2-5,8-15H2,1H3,(H,19,21)/b17-6+,18-7+. The number of nitrogens with one attached hydrogen (secondary N) is 1. The average molecular weight is 602 g/mol. The van der Waals surface area contributed by atoms with E-state index in [0.717, 1.165) is 21.0 Å². The zero-order valence-corrected chi connectivity index (χ0v) is 24.0. The molecule has 0 aromatic rings. The van der Waals surface area contributed by atoms with Crippen LogP contribution in [-0.2, 0) is 24.3 Å². The smallest absolute Gasteiger partial charge is 0.408 e. The molecule has 0 spiro atoms. The van der Waals surface area contributed by atoms with Crippen molar-refractivity contribution in [1.29, 1.82) is 0 Å². The van der Waals surface area contributed by atoms with Crippen LogP contribution in [0.15, 0.2) is 9.98 Å². The van der Waals surface area contributed by atoms with Crippen molar-refractivity contribution in [3.63, 3.8) is 0 Å². The Bertz CT molecular complexity index is 486. The molecule has 0 radical (unpaired) electrons. The summed E-state index contributed by atoms with van der Waals surface area (Å²) >= 11 is 11.2. The number of rotatable bonds is 25.